The number of allylic oxidation sites excluding steroid dienone is 1. The van der Waals surface area contributed by atoms with Gasteiger partial charge in [-0.2, -0.15) is 5.10 Å². The van der Waals surface area contributed by atoms with Crippen LogP contribution in [0.4, 0.5) is 0 Å². The lowest BCUT2D eigenvalue weighted by molar-refractivity contribution is -0.128. The molecule has 0 atom stereocenters. The molecule has 0 fully saturated rings. The Kier molecular flexibility index (Phi) is 5.52. The van der Waals surface area contributed by atoms with Crippen LogP contribution in [0.25, 0.3) is 22.2 Å². The molecule has 0 saturated carbocycles. The van der Waals surface area contributed by atoms with Gasteiger partial charge in [-0.3, -0.25) is 5.10 Å². The molecule has 30 heavy (non-hydrogen) atoms. The number of nitrogens with one attached hydrogen (secondary N) is 1. The molecule has 0 radical (unpaired) electrons. The predicted octanol–water partition coefficient (Wildman–Crippen LogP) is 5.42. The van der Waals surface area contributed by atoms with E-state index in [4.69, 9.17) is 9.72 Å². The number of fused-ring (bicyclic) bond motifs is 1. The van der Waals surface area contributed by atoms with Gasteiger partial charge in [-0.1, -0.05) is 62.0 Å². The van der Waals surface area contributed by atoms with Crippen LogP contribution in [-0.2, 0) is 4.79 Å². The summed E-state index contributed by atoms with van der Waals surface area (Å²) >= 11 is 0. The normalized spacial score (nSPS) is 11.8. The summed E-state index contributed by atoms with van der Waals surface area (Å²) in [6, 6.07) is 21.6. The highest BCUT2D eigenvalue weighted by molar-refractivity contribution is 6.00. The number of carbonyl (C=O) groups excluding carboxylic acids is 1. The van der Waals surface area contributed by atoms with Crippen LogP contribution in [0.2, 0.25) is 0 Å². The number of aromatic nitrogens is 3. The summed E-state index contributed by atoms with van der Waals surface area (Å²) in [5.41, 5.74) is 6.33. The third-order valence-corrected chi connectivity index (χ3v) is 4.86. The minimum atomic E-state index is -0.502. The SMILES string of the molecule is C=CC(=O)Oc1ccccc1/C(=C(/CC)c1ccccc1)c1ccc2[nH]ncc2n1. The molecule has 0 aliphatic carbocycles. The van der Waals surface area contributed by atoms with E-state index in [1.165, 1.54) is 0 Å². The molecule has 0 spiro atoms. The van der Waals surface area contributed by atoms with Gasteiger partial charge in [0.05, 0.1) is 17.4 Å². The molecule has 0 bridgehead atoms. The second kappa shape index (κ2) is 8.57. The molecular weight excluding hydrogens is 374 g/mol. The van der Waals surface area contributed by atoms with Gasteiger partial charge in [-0.05, 0) is 35.8 Å². The van der Waals surface area contributed by atoms with E-state index in [9.17, 15) is 4.79 Å². The fourth-order valence-electron chi connectivity index (χ4n) is 3.50. The molecule has 5 nitrogen and oxygen atoms in total. The smallest absolute Gasteiger partial charge is 0.335 e. The average Bonchev–Trinajstić information content (AvgIpc) is 3.26. The first-order valence-corrected chi connectivity index (χ1v) is 9.74. The first-order valence-electron chi connectivity index (χ1n) is 9.74. The number of carbonyl (C=O) groups is 1. The van der Waals surface area contributed by atoms with Crippen molar-refractivity contribution in [3.8, 4) is 5.75 Å². The molecule has 1 N–H and O–H groups in total. The highest BCUT2D eigenvalue weighted by atomic mass is 16.5. The van der Waals surface area contributed by atoms with Gasteiger partial charge in [0.15, 0.2) is 0 Å². The summed E-state index contributed by atoms with van der Waals surface area (Å²) in [7, 11) is 0. The van der Waals surface area contributed by atoms with Gasteiger partial charge in [-0.25, -0.2) is 9.78 Å². The minimum Gasteiger partial charge on any atom is -0.423 e. The fourth-order valence-corrected chi connectivity index (χ4v) is 3.50. The van der Waals surface area contributed by atoms with Crippen molar-refractivity contribution in [2.24, 2.45) is 0 Å². The van der Waals surface area contributed by atoms with Gasteiger partial charge in [-0.15, -0.1) is 0 Å². The van der Waals surface area contributed by atoms with Crippen LogP contribution in [0.5, 0.6) is 5.75 Å². The van der Waals surface area contributed by atoms with Crippen molar-refractivity contribution in [1.82, 2.24) is 15.2 Å². The van der Waals surface area contributed by atoms with Gasteiger partial charge in [0.2, 0.25) is 0 Å². The first kappa shape index (κ1) is 19.3. The Morgan fingerprint density at radius 3 is 2.60 bits per heavy atom. The molecule has 2 heterocycles. The van der Waals surface area contributed by atoms with Crippen molar-refractivity contribution in [3.05, 3.63) is 102 Å². The molecule has 0 saturated heterocycles. The van der Waals surface area contributed by atoms with E-state index in [1.807, 2.05) is 48.5 Å². The average molecular weight is 395 g/mol. The topological polar surface area (TPSA) is 67.9 Å². The zero-order valence-electron chi connectivity index (χ0n) is 16.6. The summed E-state index contributed by atoms with van der Waals surface area (Å²) < 4.78 is 5.56. The Morgan fingerprint density at radius 1 is 1.07 bits per heavy atom. The number of pyridine rings is 1. The number of benzene rings is 2. The molecule has 0 aliphatic heterocycles. The van der Waals surface area contributed by atoms with Crippen molar-refractivity contribution in [1.29, 1.82) is 0 Å². The van der Waals surface area contributed by atoms with E-state index in [-0.39, 0.29) is 0 Å². The lowest BCUT2D eigenvalue weighted by Gasteiger charge is -2.18. The van der Waals surface area contributed by atoms with E-state index in [2.05, 4.69) is 35.8 Å². The number of ether oxygens (including phenoxy) is 1. The van der Waals surface area contributed by atoms with E-state index >= 15 is 0 Å². The summed E-state index contributed by atoms with van der Waals surface area (Å²) in [4.78, 5) is 16.8. The lowest BCUT2D eigenvalue weighted by atomic mass is 9.90. The highest BCUT2D eigenvalue weighted by Crippen LogP contribution is 2.38. The van der Waals surface area contributed by atoms with Gasteiger partial charge >= 0.3 is 5.97 Å². The Bertz CT molecular complexity index is 1240. The van der Waals surface area contributed by atoms with Crippen LogP contribution in [0.1, 0.15) is 30.2 Å². The van der Waals surface area contributed by atoms with E-state index in [1.54, 1.807) is 12.3 Å². The van der Waals surface area contributed by atoms with E-state index < -0.39 is 5.97 Å². The molecule has 0 amide bonds. The first-order chi connectivity index (χ1) is 14.7. The number of nitrogens with zero attached hydrogens (tertiary/aromatic N) is 2. The number of esters is 1. The third-order valence-electron chi connectivity index (χ3n) is 4.86. The molecule has 0 unspecified atom stereocenters. The Morgan fingerprint density at radius 2 is 1.83 bits per heavy atom. The van der Waals surface area contributed by atoms with Gasteiger partial charge in [0.25, 0.3) is 0 Å². The van der Waals surface area contributed by atoms with Crippen molar-refractivity contribution < 1.29 is 9.53 Å². The van der Waals surface area contributed by atoms with Crippen LogP contribution in [0.3, 0.4) is 0 Å². The van der Waals surface area contributed by atoms with Crippen molar-refractivity contribution in [3.63, 3.8) is 0 Å². The summed E-state index contributed by atoms with van der Waals surface area (Å²) in [6.07, 6.45) is 3.64. The predicted molar refractivity (Wildman–Crippen MR) is 119 cm³/mol. The molecule has 4 rings (SSSR count). The minimum absolute atomic E-state index is 0.466. The van der Waals surface area contributed by atoms with E-state index in [0.717, 1.165) is 51.5 Å². The highest BCUT2D eigenvalue weighted by Gasteiger charge is 2.19. The Balaban J connectivity index is 2.01. The molecule has 0 aliphatic rings. The summed E-state index contributed by atoms with van der Waals surface area (Å²) in [6.45, 7) is 5.62. The maximum atomic E-state index is 12.0. The van der Waals surface area contributed by atoms with Crippen LogP contribution in [0, 0.1) is 0 Å². The monoisotopic (exact) mass is 395 g/mol. The Labute approximate surface area is 174 Å². The molecule has 2 aromatic carbocycles. The van der Waals surface area contributed by atoms with E-state index in [0.29, 0.717) is 5.75 Å². The lowest BCUT2D eigenvalue weighted by Crippen LogP contribution is -2.06. The van der Waals surface area contributed by atoms with Crippen LogP contribution < -0.4 is 4.74 Å². The number of para-hydroxylation sites is 1. The standard InChI is InChI=1S/C25H21N3O2/c1-3-18(17-10-6-5-7-11-17)25(21-15-14-20-22(27-21)16-26-28-20)19-12-8-9-13-23(19)30-24(29)4-2/h4-16H,2-3H2,1H3,(H,26,28)/b25-18+. The number of hydrogen-bond donors (Lipinski definition) is 1. The molecule has 5 heteroatoms. The zero-order valence-corrected chi connectivity index (χ0v) is 16.6. The maximum Gasteiger partial charge on any atom is 0.335 e. The van der Waals surface area contributed by atoms with Gasteiger partial charge in [0.1, 0.15) is 11.3 Å². The van der Waals surface area contributed by atoms with Crippen molar-refractivity contribution in [2.75, 3.05) is 0 Å². The number of hydrogen-bond acceptors (Lipinski definition) is 4. The third kappa shape index (κ3) is 3.78. The number of aromatic amines is 1. The van der Waals surface area contributed by atoms with Crippen LogP contribution in [0.15, 0.2) is 85.6 Å². The largest absolute Gasteiger partial charge is 0.423 e. The van der Waals surface area contributed by atoms with Crippen LogP contribution in [-0.4, -0.2) is 21.2 Å². The zero-order chi connectivity index (χ0) is 20.9. The van der Waals surface area contributed by atoms with Gasteiger partial charge < -0.3 is 4.74 Å². The molecule has 148 valence electrons. The fraction of sp³-hybridized carbons (Fsp3) is 0.0800. The Hall–Kier alpha value is -3.99. The molecule has 4 aromatic rings. The summed E-state index contributed by atoms with van der Waals surface area (Å²) in [5.74, 6) is -0.0359. The van der Waals surface area contributed by atoms with Gasteiger partial charge in [0, 0.05) is 17.2 Å². The molecule has 2 aromatic heterocycles. The summed E-state index contributed by atoms with van der Waals surface area (Å²) in [5, 5.41) is 7.02. The van der Waals surface area contributed by atoms with Crippen LogP contribution >= 0.6 is 0 Å². The second-order valence-corrected chi connectivity index (χ2v) is 6.69. The van der Waals surface area contributed by atoms with Crippen molar-refractivity contribution in [2.45, 2.75) is 13.3 Å². The second-order valence-electron chi connectivity index (χ2n) is 6.69. The number of rotatable bonds is 6. The molecular formula is C25H21N3O2. The van der Waals surface area contributed by atoms with Crippen molar-refractivity contribution >= 4 is 28.1 Å². The maximum absolute atomic E-state index is 12.0. The quantitative estimate of drug-likeness (QED) is 0.205. The number of H-pyrrole nitrogens is 1.